The van der Waals surface area contributed by atoms with E-state index in [2.05, 4.69) is 20.9 Å². The number of imidazole rings is 1. The standard InChI is InChI=1S/C63H94N13O14P/c1-32-23-42-43(24-33(32)2)76(30-71-42)58-53(83)54(44(88-58)29-86-12)90-91(84,85)89-34(3)27-70-50(82)19-20-60(8)40(28-69-31-77)57-63(11)62(10,21-22-87-68)39(15-18-48(66)80)52(75-63)36(5)56-61(9,26-49(67)81)37(13-16-46(64)78)41(72-56)25-45-59(6,7)38(14-17-47(65)79)51(73-45)35(4)55(60)74-57/h23-25,30-31,34,37-40,44,53-54,57-58,72,83H,13-22,26-29,68H2,1-12H3,(H2,64,78)(H2,65,79)(H2,66,80)(H2,67,81)(H,69,77)(H,70,82)(H,84,85)/t34-,37-,38-,39-,40+,44-,53-,54-,57-,58?,60-,61+,62+,63+/m1/s1. The monoisotopic (exact) mass is 1290 g/mol. The van der Waals surface area contributed by atoms with E-state index in [9.17, 15) is 43.3 Å². The van der Waals surface area contributed by atoms with Crippen molar-refractivity contribution < 1.29 is 66.7 Å². The van der Waals surface area contributed by atoms with Gasteiger partial charge in [0.05, 0.1) is 48.3 Å². The van der Waals surface area contributed by atoms with Crippen molar-refractivity contribution in [3.05, 3.63) is 63.9 Å². The summed E-state index contributed by atoms with van der Waals surface area (Å²) in [4.78, 5) is 117. The fourth-order valence-electron chi connectivity index (χ4n) is 15.6. The molecule has 1 aromatic carbocycles. The molecular weight excluding hydrogens is 1190 g/mol. The van der Waals surface area contributed by atoms with Gasteiger partial charge in [-0.25, -0.2) is 15.4 Å². The van der Waals surface area contributed by atoms with Crippen molar-refractivity contribution in [2.45, 2.75) is 183 Å². The number of phosphoric acid groups is 1. The number of primary amides is 4. The van der Waals surface area contributed by atoms with Crippen molar-refractivity contribution in [1.82, 2.24) is 25.5 Å². The summed E-state index contributed by atoms with van der Waals surface area (Å²) in [5.74, 6) is 1.02. The Morgan fingerprint density at radius 2 is 1.52 bits per heavy atom. The Labute approximate surface area is 531 Å². The van der Waals surface area contributed by atoms with Gasteiger partial charge in [0.1, 0.15) is 18.3 Å². The quantitative estimate of drug-likeness (QED) is 0.0311. The maximum Gasteiger partial charge on any atom is 0.472 e. The van der Waals surface area contributed by atoms with Gasteiger partial charge in [-0.15, -0.1) is 0 Å². The third-order valence-corrected chi connectivity index (χ3v) is 22.1. The highest BCUT2D eigenvalue weighted by Gasteiger charge is 2.66. The highest BCUT2D eigenvalue weighted by Crippen LogP contribution is 2.62. The predicted molar refractivity (Wildman–Crippen MR) is 340 cm³/mol. The number of aliphatic imine (C=N–C) groups is 3. The van der Waals surface area contributed by atoms with Crippen LogP contribution >= 0.6 is 7.82 Å². The number of hydrogen-bond donors (Lipinski definition) is 10. The molecule has 6 aliphatic heterocycles. The zero-order valence-electron chi connectivity index (χ0n) is 54.4. The average molecular weight is 1290 g/mol. The van der Waals surface area contributed by atoms with E-state index in [1.165, 1.54) is 20.4 Å². The minimum atomic E-state index is -5.00. The zero-order chi connectivity index (χ0) is 67.1. The number of nitrogens with one attached hydrogen (secondary N) is 3. The summed E-state index contributed by atoms with van der Waals surface area (Å²) >= 11 is 0. The van der Waals surface area contributed by atoms with Gasteiger partial charge in [-0.3, -0.25) is 52.8 Å². The number of benzene rings is 1. The zero-order valence-corrected chi connectivity index (χ0v) is 55.3. The lowest BCUT2D eigenvalue weighted by Crippen LogP contribution is -2.56. The number of hydrogen-bond acceptors (Lipinski definition) is 19. The number of aromatic nitrogens is 2. The number of aryl methyl sites for hydroxylation is 2. The second kappa shape index (κ2) is 27.2. The topological polar surface area (TPSA) is 427 Å². The lowest BCUT2D eigenvalue weighted by Gasteiger charge is -2.48. The first-order valence-corrected chi connectivity index (χ1v) is 32.7. The van der Waals surface area contributed by atoms with Gasteiger partial charge in [0, 0.05) is 132 Å². The maximum absolute atomic E-state index is 14.5. The van der Waals surface area contributed by atoms with Crippen LogP contribution in [0.2, 0.25) is 0 Å². The Kier molecular flexibility index (Phi) is 21.0. The van der Waals surface area contributed by atoms with Crippen LogP contribution in [0.5, 0.6) is 0 Å². The molecule has 2 unspecified atom stereocenters. The van der Waals surface area contributed by atoms with Crippen LogP contribution in [0, 0.1) is 59.2 Å². The van der Waals surface area contributed by atoms with Gasteiger partial charge in [0.2, 0.25) is 35.9 Å². The van der Waals surface area contributed by atoms with Crippen molar-refractivity contribution in [1.29, 1.82) is 0 Å². The minimum Gasteiger partial charge on any atom is -0.386 e. The van der Waals surface area contributed by atoms with E-state index in [4.69, 9.17) is 67.2 Å². The smallest absolute Gasteiger partial charge is 0.386 e. The molecule has 1 aromatic heterocycles. The lowest BCUT2D eigenvalue weighted by atomic mass is 9.56. The number of carbonyl (C=O) groups is 6. The van der Waals surface area contributed by atoms with Gasteiger partial charge in [-0.05, 0) is 114 Å². The summed E-state index contributed by atoms with van der Waals surface area (Å²) in [6.45, 7) is 20.9. The molecule has 2 fully saturated rings. The van der Waals surface area contributed by atoms with Crippen LogP contribution in [0.4, 0.5) is 0 Å². The van der Waals surface area contributed by atoms with Crippen LogP contribution in [0.25, 0.3) is 11.0 Å². The molecule has 2 aromatic rings. The molecule has 6 amide bonds. The van der Waals surface area contributed by atoms with Gasteiger partial charge in [0.15, 0.2) is 6.23 Å². The Morgan fingerprint density at radius 1 is 0.879 bits per heavy atom. The first-order chi connectivity index (χ1) is 42.6. The van der Waals surface area contributed by atoms with Crippen molar-refractivity contribution in [3.63, 3.8) is 0 Å². The van der Waals surface area contributed by atoms with Crippen molar-refractivity contribution in [3.8, 4) is 0 Å². The third-order valence-electron chi connectivity index (χ3n) is 20.9. The molecule has 0 spiro atoms. The summed E-state index contributed by atoms with van der Waals surface area (Å²) in [5, 5.41) is 21.2. The van der Waals surface area contributed by atoms with Gasteiger partial charge < -0.3 is 67.8 Å². The van der Waals surface area contributed by atoms with Gasteiger partial charge in [-0.1, -0.05) is 34.6 Å². The van der Waals surface area contributed by atoms with Gasteiger partial charge in [-0.2, -0.15) is 0 Å². The highest BCUT2D eigenvalue weighted by atomic mass is 31.2. The first-order valence-electron chi connectivity index (χ1n) is 31.2. The van der Waals surface area contributed by atoms with Crippen molar-refractivity contribution in [2.75, 3.05) is 33.4 Å². The number of aliphatic hydroxyl groups excluding tert-OH is 1. The van der Waals surface area contributed by atoms with Crippen LogP contribution in [0.1, 0.15) is 144 Å². The molecule has 2 saturated heterocycles. The number of amides is 6. The summed E-state index contributed by atoms with van der Waals surface area (Å²) in [6.07, 6.45) is -1.23. The molecular formula is C63H94N13O14P. The van der Waals surface area contributed by atoms with E-state index in [0.29, 0.717) is 62.8 Å². The number of aliphatic hydroxyl groups is 1. The number of allylic oxidation sites excluding steroid dienone is 6. The predicted octanol–water partition coefficient (Wildman–Crippen LogP) is 4.09. The average Bonchev–Trinajstić information content (AvgIpc) is 1.54. The SMILES string of the molecule is COC[C@H]1OC(n2cnc3cc(C)c(C)cc32)[C@H](O)[C@@H]1OP(=O)(O)O[C@H](C)CNC(=O)CC[C@@]1(C)C2=N[C@H]([C@@H]1CNC=O)[C@]1(C)N=C(C(C)=C3NC(=CC4=NC(=C2C)[C@@H](CCC(N)=O)C4(C)C)[C@@H](CCC(N)=O)[C@]3(C)CC(N)=O)[C@@H](CCC(N)=O)[C@]1(C)CCON. The number of nitrogens with zero attached hydrogens (tertiary/aromatic N) is 5. The maximum atomic E-state index is 14.5. The molecule has 15 atom stereocenters. The molecule has 15 N–H and O–H groups in total. The Bertz CT molecular complexity index is 3450. The third kappa shape index (κ3) is 13.6. The van der Waals surface area contributed by atoms with Crippen LogP contribution in [0.3, 0.4) is 0 Å². The van der Waals surface area contributed by atoms with E-state index >= 15 is 0 Å². The number of nitrogens with two attached hydrogens (primary N) is 5. The lowest BCUT2D eigenvalue weighted by molar-refractivity contribution is -0.122. The fraction of sp³-hybridized carbons (Fsp3) is 0.651. The Morgan fingerprint density at radius 3 is 2.13 bits per heavy atom. The number of ether oxygens (including phenoxy) is 2. The molecule has 6 aliphatic rings. The van der Waals surface area contributed by atoms with Crippen molar-refractivity contribution in [2.24, 2.45) is 89.1 Å². The van der Waals surface area contributed by atoms with Gasteiger partial charge in [0.25, 0.3) is 0 Å². The second-order valence-electron chi connectivity index (χ2n) is 27.2. The second-order valence-corrected chi connectivity index (χ2v) is 28.5. The Hall–Kier alpha value is -6.55. The normalized spacial score (nSPS) is 31.8. The molecule has 8 bridgehead atoms. The van der Waals surface area contributed by atoms with Crippen LogP contribution in [-0.4, -0.2) is 142 Å². The van der Waals surface area contributed by atoms with E-state index in [1.807, 2.05) is 87.4 Å². The molecule has 7 heterocycles. The Balaban J connectivity index is 1.19. The summed E-state index contributed by atoms with van der Waals surface area (Å²) < 4.78 is 38.4. The molecule has 0 aliphatic carbocycles. The summed E-state index contributed by atoms with van der Waals surface area (Å²) in [7, 11) is -3.58. The molecule has 8 rings (SSSR count). The molecule has 0 saturated carbocycles. The number of methoxy groups -OCH3 is 1. The number of phosphoric ester groups is 1. The largest absolute Gasteiger partial charge is 0.472 e. The summed E-state index contributed by atoms with van der Waals surface area (Å²) in [6, 6.07) is 3.02. The number of rotatable bonds is 29. The first kappa shape index (κ1) is 70.3. The van der Waals surface area contributed by atoms with E-state index < -0.39 is 125 Å². The molecule has 28 heteroatoms. The highest BCUT2D eigenvalue weighted by molar-refractivity contribution is 7.47. The van der Waals surface area contributed by atoms with Crippen LogP contribution < -0.4 is 44.8 Å². The van der Waals surface area contributed by atoms with Crippen molar-refractivity contribution >= 4 is 71.9 Å². The van der Waals surface area contributed by atoms with E-state index in [1.54, 1.807) is 4.57 Å². The summed E-state index contributed by atoms with van der Waals surface area (Å²) in [5.41, 5.74) is 26.9. The molecule has 0 radical (unpaired) electrons. The van der Waals surface area contributed by atoms with E-state index in [0.717, 1.165) is 11.1 Å². The van der Waals surface area contributed by atoms with E-state index in [-0.39, 0.29) is 90.5 Å². The van der Waals surface area contributed by atoms with Gasteiger partial charge >= 0.3 is 7.82 Å². The fourth-order valence-corrected chi connectivity index (χ4v) is 16.7. The molecule has 91 heavy (non-hydrogen) atoms. The minimum absolute atomic E-state index is 0.00392. The van der Waals surface area contributed by atoms with Crippen LogP contribution in [0.15, 0.2) is 67.8 Å². The molecule has 27 nitrogen and oxygen atoms in total. The number of carbonyl (C=O) groups excluding carboxylic acids is 6. The van der Waals surface area contributed by atoms with Crippen LogP contribution in [-0.2, 0) is 56.7 Å². The molecule has 500 valence electrons. The number of fused-ring (bicyclic) bond motifs is 7.